The zero-order valence-electron chi connectivity index (χ0n) is 10.6. The molecule has 3 heteroatoms. The van der Waals surface area contributed by atoms with Gasteiger partial charge in [-0.1, -0.05) is 6.92 Å². The molecule has 1 aromatic heterocycles. The molecule has 1 aliphatic rings. The molecule has 18 heavy (non-hydrogen) atoms. The Bertz CT molecular complexity index is 643. The number of pyridine rings is 1. The van der Waals surface area contributed by atoms with Gasteiger partial charge in [-0.2, -0.15) is 0 Å². The van der Waals surface area contributed by atoms with Gasteiger partial charge in [-0.05, 0) is 43.9 Å². The summed E-state index contributed by atoms with van der Waals surface area (Å²) < 4.78 is 5.58. The minimum atomic E-state index is 0.179. The maximum absolute atomic E-state index is 12.4. The fourth-order valence-electron chi connectivity index (χ4n) is 2.59. The summed E-state index contributed by atoms with van der Waals surface area (Å²) in [4.78, 5) is 15.7. The van der Waals surface area contributed by atoms with E-state index in [9.17, 15) is 4.79 Å². The van der Waals surface area contributed by atoms with Gasteiger partial charge in [-0.3, -0.25) is 4.79 Å². The van der Waals surface area contributed by atoms with E-state index in [2.05, 4.69) is 11.9 Å². The lowest BCUT2D eigenvalue weighted by Gasteiger charge is -2.07. The number of nitrogens with one attached hydrogen (secondary N) is 1. The summed E-state index contributed by atoms with van der Waals surface area (Å²) in [7, 11) is 0. The lowest BCUT2D eigenvalue weighted by atomic mass is 10.1. The molecule has 3 nitrogen and oxygen atoms in total. The molecule has 0 atom stereocenters. The second-order valence-corrected chi connectivity index (χ2v) is 4.82. The average Bonchev–Trinajstić information content (AvgIpc) is 2.85. The molecule has 3 rings (SSSR count). The van der Waals surface area contributed by atoms with Gasteiger partial charge in [-0.15, -0.1) is 0 Å². The van der Waals surface area contributed by atoms with Gasteiger partial charge in [-0.25, -0.2) is 0 Å². The van der Waals surface area contributed by atoms with E-state index in [4.69, 9.17) is 4.74 Å². The highest BCUT2D eigenvalue weighted by molar-refractivity contribution is 5.81. The Morgan fingerprint density at radius 1 is 1.33 bits per heavy atom. The molecule has 2 aromatic rings. The summed E-state index contributed by atoms with van der Waals surface area (Å²) in [5, 5.41) is 0.754. The van der Waals surface area contributed by atoms with Crippen molar-refractivity contribution in [3.63, 3.8) is 0 Å². The fraction of sp³-hybridized carbons (Fsp3) is 0.400. The van der Waals surface area contributed by atoms with E-state index in [0.717, 1.165) is 53.6 Å². The second-order valence-electron chi connectivity index (χ2n) is 4.82. The van der Waals surface area contributed by atoms with Crippen molar-refractivity contribution in [1.82, 2.24) is 4.98 Å². The van der Waals surface area contributed by atoms with Crippen molar-refractivity contribution in [2.75, 3.05) is 6.61 Å². The second kappa shape index (κ2) is 4.48. The molecule has 0 aliphatic heterocycles. The average molecular weight is 243 g/mol. The molecule has 1 aromatic carbocycles. The molecule has 0 fully saturated rings. The van der Waals surface area contributed by atoms with Crippen LogP contribution >= 0.6 is 0 Å². The highest BCUT2D eigenvalue weighted by Gasteiger charge is 2.17. The summed E-state index contributed by atoms with van der Waals surface area (Å²) in [5.74, 6) is 0.785. The van der Waals surface area contributed by atoms with Crippen molar-refractivity contribution in [3.05, 3.63) is 39.7 Å². The maximum atomic E-state index is 12.4. The standard InChI is InChI=1S/C15H17NO2/c1-2-8-18-10-6-7-14-12(9-10)15(17)11-4-3-5-13(11)16-14/h6-7,9H,2-5,8H2,1H3,(H,16,17). The van der Waals surface area contributed by atoms with E-state index in [1.54, 1.807) is 0 Å². The van der Waals surface area contributed by atoms with Crippen LogP contribution < -0.4 is 10.2 Å². The van der Waals surface area contributed by atoms with Gasteiger partial charge < -0.3 is 9.72 Å². The third-order valence-corrected chi connectivity index (χ3v) is 3.49. The Kier molecular flexibility index (Phi) is 2.82. The number of H-pyrrole nitrogens is 1. The van der Waals surface area contributed by atoms with E-state index < -0.39 is 0 Å². The predicted octanol–water partition coefficient (Wildman–Crippen LogP) is 2.81. The molecule has 0 radical (unpaired) electrons. The van der Waals surface area contributed by atoms with Gasteiger partial charge in [0.05, 0.1) is 6.61 Å². The zero-order valence-corrected chi connectivity index (χ0v) is 10.6. The van der Waals surface area contributed by atoms with E-state index in [-0.39, 0.29) is 5.43 Å². The van der Waals surface area contributed by atoms with Crippen molar-refractivity contribution >= 4 is 10.9 Å². The summed E-state index contributed by atoms with van der Waals surface area (Å²) in [6.07, 6.45) is 3.95. The van der Waals surface area contributed by atoms with Crippen LogP contribution in [0.4, 0.5) is 0 Å². The van der Waals surface area contributed by atoms with Crippen molar-refractivity contribution in [3.8, 4) is 5.75 Å². The first kappa shape index (κ1) is 11.3. The van der Waals surface area contributed by atoms with Crippen LogP contribution in [0.15, 0.2) is 23.0 Å². The number of aryl methyl sites for hydroxylation is 1. The molecule has 0 saturated carbocycles. The normalized spacial score (nSPS) is 13.8. The molecule has 0 saturated heterocycles. The Morgan fingerprint density at radius 3 is 3.06 bits per heavy atom. The van der Waals surface area contributed by atoms with Crippen LogP contribution in [-0.2, 0) is 12.8 Å². The molecule has 0 amide bonds. The first-order valence-electron chi connectivity index (χ1n) is 6.60. The number of rotatable bonds is 3. The smallest absolute Gasteiger partial charge is 0.192 e. The van der Waals surface area contributed by atoms with Gasteiger partial charge in [0.2, 0.25) is 0 Å². The highest BCUT2D eigenvalue weighted by atomic mass is 16.5. The van der Waals surface area contributed by atoms with Gasteiger partial charge in [0.1, 0.15) is 5.75 Å². The van der Waals surface area contributed by atoms with Crippen molar-refractivity contribution in [2.45, 2.75) is 32.6 Å². The molecule has 1 heterocycles. The third kappa shape index (κ3) is 1.80. The van der Waals surface area contributed by atoms with Crippen LogP contribution in [0.25, 0.3) is 10.9 Å². The fourth-order valence-corrected chi connectivity index (χ4v) is 2.59. The van der Waals surface area contributed by atoms with Crippen molar-refractivity contribution in [2.24, 2.45) is 0 Å². The monoisotopic (exact) mass is 243 g/mol. The van der Waals surface area contributed by atoms with Crippen LogP contribution in [0.2, 0.25) is 0 Å². The molecule has 0 spiro atoms. The Hall–Kier alpha value is -1.77. The Balaban J connectivity index is 2.13. The quantitative estimate of drug-likeness (QED) is 0.900. The minimum absolute atomic E-state index is 0.179. The van der Waals surface area contributed by atoms with E-state index >= 15 is 0 Å². The van der Waals surface area contributed by atoms with E-state index in [1.165, 1.54) is 0 Å². The SMILES string of the molecule is CCCOc1ccc2[nH]c3c(c(=O)c2c1)CCC3. The first-order chi connectivity index (χ1) is 8.79. The van der Waals surface area contributed by atoms with E-state index in [0.29, 0.717) is 6.61 Å². The van der Waals surface area contributed by atoms with Crippen LogP contribution in [-0.4, -0.2) is 11.6 Å². The van der Waals surface area contributed by atoms with Crippen LogP contribution in [0.3, 0.4) is 0 Å². The van der Waals surface area contributed by atoms with Gasteiger partial charge >= 0.3 is 0 Å². The van der Waals surface area contributed by atoms with Crippen molar-refractivity contribution in [1.29, 1.82) is 0 Å². The van der Waals surface area contributed by atoms with Crippen LogP contribution in [0.5, 0.6) is 5.75 Å². The van der Waals surface area contributed by atoms with Crippen LogP contribution in [0.1, 0.15) is 31.0 Å². The highest BCUT2D eigenvalue weighted by Crippen LogP contribution is 2.23. The number of hydrogen-bond donors (Lipinski definition) is 1. The number of ether oxygens (including phenoxy) is 1. The number of hydrogen-bond acceptors (Lipinski definition) is 2. The van der Waals surface area contributed by atoms with Gasteiger partial charge in [0.25, 0.3) is 0 Å². The number of aromatic nitrogens is 1. The summed E-state index contributed by atoms with van der Waals surface area (Å²) >= 11 is 0. The summed E-state index contributed by atoms with van der Waals surface area (Å²) in [6, 6.07) is 5.73. The predicted molar refractivity (Wildman–Crippen MR) is 72.4 cm³/mol. The lowest BCUT2D eigenvalue weighted by molar-refractivity contribution is 0.318. The molecule has 0 unspecified atom stereocenters. The Labute approximate surface area is 106 Å². The Morgan fingerprint density at radius 2 is 2.22 bits per heavy atom. The third-order valence-electron chi connectivity index (χ3n) is 3.49. The molecule has 1 aliphatic carbocycles. The number of aromatic amines is 1. The lowest BCUT2D eigenvalue weighted by Crippen LogP contribution is -2.10. The minimum Gasteiger partial charge on any atom is -0.494 e. The molecule has 1 N–H and O–H groups in total. The van der Waals surface area contributed by atoms with Crippen molar-refractivity contribution < 1.29 is 4.74 Å². The zero-order chi connectivity index (χ0) is 12.5. The van der Waals surface area contributed by atoms with Gasteiger partial charge in [0, 0.05) is 22.2 Å². The van der Waals surface area contributed by atoms with E-state index in [1.807, 2.05) is 18.2 Å². The molecular weight excluding hydrogens is 226 g/mol. The van der Waals surface area contributed by atoms with Gasteiger partial charge in [0.15, 0.2) is 5.43 Å². The topological polar surface area (TPSA) is 42.1 Å². The first-order valence-corrected chi connectivity index (χ1v) is 6.60. The molecular formula is C15H17NO2. The number of benzene rings is 1. The summed E-state index contributed by atoms with van der Waals surface area (Å²) in [5.41, 5.74) is 3.19. The maximum Gasteiger partial charge on any atom is 0.192 e. The molecule has 94 valence electrons. The largest absolute Gasteiger partial charge is 0.494 e. The summed E-state index contributed by atoms with van der Waals surface area (Å²) in [6.45, 7) is 2.76. The molecule has 0 bridgehead atoms. The number of fused-ring (bicyclic) bond motifs is 2. The van der Waals surface area contributed by atoms with Crippen LogP contribution in [0, 0.1) is 0 Å².